The van der Waals surface area contributed by atoms with Crippen molar-refractivity contribution in [2.75, 3.05) is 13.2 Å². The molecule has 0 spiro atoms. The molecule has 90 valence electrons. The SMILES string of the molecule is CC1(C)OCC(NCc2csc(=O)[nH]2)CO1. The van der Waals surface area contributed by atoms with E-state index in [9.17, 15) is 4.79 Å². The molecule has 2 rings (SSSR count). The summed E-state index contributed by atoms with van der Waals surface area (Å²) >= 11 is 1.18. The van der Waals surface area contributed by atoms with Crippen LogP contribution in [0.1, 0.15) is 19.5 Å². The number of H-pyrrole nitrogens is 1. The summed E-state index contributed by atoms with van der Waals surface area (Å²) in [6.07, 6.45) is 0. The van der Waals surface area contributed by atoms with E-state index < -0.39 is 5.79 Å². The van der Waals surface area contributed by atoms with Crippen LogP contribution in [0.4, 0.5) is 0 Å². The molecule has 1 aliphatic heterocycles. The highest BCUT2D eigenvalue weighted by Gasteiger charge is 2.27. The van der Waals surface area contributed by atoms with Crippen LogP contribution in [0.5, 0.6) is 0 Å². The lowest BCUT2D eigenvalue weighted by Gasteiger charge is -2.35. The molecule has 0 saturated carbocycles. The van der Waals surface area contributed by atoms with Crippen LogP contribution in [0.25, 0.3) is 0 Å². The van der Waals surface area contributed by atoms with E-state index in [1.807, 2.05) is 19.2 Å². The van der Waals surface area contributed by atoms with Gasteiger partial charge in [0.05, 0.1) is 19.3 Å². The maximum Gasteiger partial charge on any atom is 0.304 e. The third-order valence-corrected chi connectivity index (χ3v) is 3.13. The Morgan fingerprint density at radius 2 is 2.25 bits per heavy atom. The molecule has 16 heavy (non-hydrogen) atoms. The second kappa shape index (κ2) is 4.67. The number of aromatic nitrogens is 1. The van der Waals surface area contributed by atoms with Gasteiger partial charge in [0.1, 0.15) is 0 Å². The van der Waals surface area contributed by atoms with Crippen LogP contribution in [0, 0.1) is 0 Å². The number of hydrogen-bond donors (Lipinski definition) is 2. The Labute approximate surface area is 97.8 Å². The zero-order valence-electron chi connectivity index (χ0n) is 9.41. The van der Waals surface area contributed by atoms with Gasteiger partial charge in [-0.3, -0.25) is 4.79 Å². The molecular weight excluding hydrogens is 228 g/mol. The van der Waals surface area contributed by atoms with Gasteiger partial charge in [-0.05, 0) is 13.8 Å². The van der Waals surface area contributed by atoms with Gasteiger partial charge in [-0.2, -0.15) is 0 Å². The Morgan fingerprint density at radius 1 is 1.56 bits per heavy atom. The van der Waals surface area contributed by atoms with E-state index in [4.69, 9.17) is 9.47 Å². The molecule has 0 bridgehead atoms. The molecule has 1 aromatic heterocycles. The maximum absolute atomic E-state index is 10.9. The van der Waals surface area contributed by atoms with E-state index in [2.05, 4.69) is 10.3 Å². The maximum atomic E-state index is 10.9. The fourth-order valence-electron chi connectivity index (χ4n) is 1.47. The fraction of sp³-hybridized carbons (Fsp3) is 0.700. The zero-order valence-corrected chi connectivity index (χ0v) is 10.2. The summed E-state index contributed by atoms with van der Waals surface area (Å²) in [4.78, 5) is 13.6. The fourth-order valence-corrected chi connectivity index (χ4v) is 2.05. The topological polar surface area (TPSA) is 63.3 Å². The van der Waals surface area contributed by atoms with Crippen LogP contribution in [0.2, 0.25) is 0 Å². The summed E-state index contributed by atoms with van der Waals surface area (Å²) < 4.78 is 11.0. The van der Waals surface area contributed by atoms with E-state index >= 15 is 0 Å². The highest BCUT2D eigenvalue weighted by atomic mass is 32.1. The molecule has 0 radical (unpaired) electrons. The molecule has 2 N–H and O–H groups in total. The molecule has 2 heterocycles. The Balaban J connectivity index is 1.77. The predicted octanol–water partition coefficient (Wildman–Crippen LogP) is 0.678. The normalized spacial score (nSPS) is 21.1. The van der Waals surface area contributed by atoms with E-state index in [0.29, 0.717) is 19.8 Å². The van der Waals surface area contributed by atoms with Crippen LogP contribution in [-0.4, -0.2) is 30.0 Å². The Morgan fingerprint density at radius 3 is 2.81 bits per heavy atom. The van der Waals surface area contributed by atoms with Crippen molar-refractivity contribution in [3.8, 4) is 0 Å². The average molecular weight is 244 g/mol. The van der Waals surface area contributed by atoms with Crippen LogP contribution in [0.15, 0.2) is 10.2 Å². The minimum absolute atomic E-state index is 0.0194. The summed E-state index contributed by atoms with van der Waals surface area (Å²) in [5.74, 6) is -0.477. The van der Waals surface area contributed by atoms with Crippen molar-refractivity contribution < 1.29 is 9.47 Å². The summed E-state index contributed by atoms with van der Waals surface area (Å²) in [6.45, 7) is 5.69. The molecule has 0 amide bonds. The highest BCUT2D eigenvalue weighted by molar-refractivity contribution is 7.07. The van der Waals surface area contributed by atoms with Gasteiger partial charge in [0.15, 0.2) is 5.79 Å². The molecule has 0 unspecified atom stereocenters. The average Bonchev–Trinajstić information content (AvgIpc) is 2.63. The predicted molar refractivity (Wildman–Crippen MR) is 61.6 cm³/mol. The molecule has 5 nitrogen and oxygen atoms in total. The standard InChI is InChI=1S/C10H16N2O3S/c1-10(2)14-4-8(5-15-10)11-3-7-6-16-9(13)12-7/h6,8,11H,3-5H2,1-2H3,(H,12,13). The number of rotatable bonds is 3. The largest absolute Gasteiger partial charge is 0.349 e. The van der Waals surface area contributed by atoms with Crippen LogP contribution >= 0.6 is 11.3 Å². The van der Waals surface area contributed by atoms with Crippen LogP contribution < -0.4 is 10.2 Å². The first kappa shape index (κ1) is 11.8. The van der Waals surface area contributed by atoms with Crippen molar-refractivity contribution in [1.29, 1.82) is 0 Å². The molecular formula is C10H16N2O3S. The first-order valence-electron chi connectivity index (χ1n) is 5.23. The third kappa shape index (κ3) is 3.15. The summed E-state index contributed by atoms with van der Waals surface area (Å²) in [7, 11) is 0. The number of nitrogens with one attached hydrogen (secondary N) is 2. The lowest BCUT2D eigenvalue weighted by molar-refractivity contribution is -0.253. The van der Waals surface area contributed by atoms with Gasteiger partial charge in [0.2, 0.25) is 0 Å². The molecule has 1 saturated heterocycles. The number of ether oxygens (including phenoxy) is 2. The molecule has 0 aliphatic carbocycles. The van der Waals surface area contributed by atoms with Gasteiger partial charge in [-0.15, -0.1) is 0 Å². The van der Waals surface area contributed by atoms with Crippen molar-refractivity contribution in [3.05, 3.63) is 20.7 Å². The van der Waals surface area contributed by atoms with Gasteiger partial charge in [-0.25, -0.2) is 0 Å². The molecule has 1 aliphatic rings. The quantitative estimate of drug-likeness (QED) is 0.820. The van der Waals surface area contributed by atoms with Crippen molar-refractivity contribution in [2.45, 2.75) is 32.2 Å². The lowest BCUT2D eigenvalue weighted by Crippen LogP contribution is -2.48. The highest BCUT2D eigenvalue weighted by Crippen LogP contribution is 2.16. The first-order chi connectivity index (χ1) is 7.55. The van der Waals surface area contributed by atoms with Crippen LogP contribution in [0.3, 0.4) is 0 Å². The zero-order chi connectivity index (χ0) is 11.6. The minimum atomic E-state index is -0.477. The van der Waals surface area contributed by atoms with E-state index in [-0.39, 0.29) is 10.9 Å². The van der Waals surface area contributed by atoms with Gasteiger partial charge in [0, 0.05) is 17.6 Å². The number of hydrogen-bond acceptors (Lipinski definition) is 5. The second-order valence-corrected chi connectivity index (χ2v) is 5.12. The molecule has 1 fully saturated rings. The van der Waals surface area contributed by atoms with Crippen molar-refractivity contribution in [2.24, 2.45) is 0 Å². The second-order valence-electron chi connectivity index (χ2n) is 4.27. The smallest absolute Gasteiger partial charge is 0.304 e. The van der Waals surface area contributed by atoms with Gasteiger partial charge in [0.25, 0.3) is 0 Å². The van der Waals surface area contributed by atoms with Gasteiger partial charge in [-0.1, -0.05) is 11.3 Å². The molecule has 1 aromatic rings. The van der Waals surface area contributed by atoms with Crippen molar-refractivity contribution >= 4 is 11.3 Å². The summed E-state index contributed by atoms with van der Waals surface area (Å²) in [6, 6.07) is 0.177. The Hall–Kier alpha value is -0.690. The van der Waals surface area contributed by atoms with Crippen molar-refractivity contribution in [1.82, 2.24) is 10.3 Å². The number of aromatic amines is 1. The first-order valence-corrected chi connectivity index (χ1v) is 6.11. The van der Waals surface area contributed by atoms with E-state index in [1.54, 1.807) is 0 Å². The van der Waals surface area contributed by atoms with Crippen molar-refractivity contribution in [3.63, 3.8) is 0 Å². The number of thiazole rings is 1. The summed E-state index contributed by atoms with van der Waals surface area (Å²) in [5, 5.41) is 5.10. The monoisotopic (exact) mass is 244 g/mol. The van der Waals surface area contributed by atoms with Crippen LogP contribution in [-0.2, 0) is 16.0 Å². The third-order valence-electron chi connectivity index (χ3n) is 2.42. The lowest BCUT2D eigenvalue weighted by atomic mass is 10.2. The van der Waals surface area contributed by atoms with E-state index in [0.717, 1.165) is 5.69 Å². The van der Waals surface area contributed by atoms with Gasteiger partial charge < -0.3 is 19.8 Å². The molecule has 6 heteroatoms. The minimum Gasteiger partial charge on any atom is -0.349 e. The van der Waals surface area contributed by atoms with E-state index in [1.165, 1.54) is 11.3 Å². The molecule has 0 aromatic carbocycles. The summed E-state index contributed by atoms with van der Waals surface area (Å²) in [5.41, 5.74) is 0.903. The van der Waals surface area contributed by atoms with Gasteiger partial charge >= 0.3 is 4.87 Å². The Bertz CT molecular complexity index is 389. The molecule has 0 atom stereocenters. The Kier molecular flexibility index (Phi) is 3.44.